The highest BCUT2D eigenvalue weighted by atomic mass is 32.2. The SMILES string of the molecule is Cc1cccc(-n2nnnc2SCc2cc(=O)n3ccccc3n2)c1C. The van der Waals surface area contributed by atoms with Gasteiger partial charge in [-0.2, -0.15) is 4.68 Å². The quantitative estimate of drug-likeness (QED) is 0.518. The van der Waals surface area contributed by atoms with Crippen LogP contribution in [0.4, 0.5) is 0 Å². The fourth-order valence-electron chi connectivity index (χ4n) is 2.70. The summed E-state index contributed by atoms with van der Waals surface area (Å²) in [4.78, 5) is 16.7. The molecule has 0 aliphatic carbocycles. The molecule has 26 heavy (non-hydrogen) atoms. The summed E-state index contributed by atoms with van der Waals surface area (Å²) in [6, 6.07) is 13.1. The Bertz CT molecular complexity index is 1150. The van der Waals surface area contributed by atoms with E-state index in [1.165, 1.54) is 21.7 Å². The number of nitrogens with zero attached hydrogens (tertiary/aromatic N) is 6. The van der Waals surface area contributed by atoms with Crippen LogP contribution in [0.15, 0.2) is 58.6 Å². The number of aryl methyl sites for hydroxylation is 1. The smallest absolute Gasteiger partial charge is 0.258 e. The van der Waals surface area contributed by atoms with Gasteiger partial charge in [0.1, 0.15) is 5.65 Å². The maximum Gasteiger partial charge on any atom is 0.258 e. The van der Waals surface area contributed by atoms with E-state index in [2.05, 4.69) is 33.5 Å². The van der Waals surface area contributed by atoms with Gasteiger partial charge in [-0.1, -0.05) is 30.0 Å². The zero-order chi connectivity index (χ0) is 18.1. The predicted molar refractivity (Wildman–Crippen MR) is 99.7 cm³/mol. The lowest BCUT2D eigenvalue weighted by atomic mass is 10.1. The van der Waals surface area contributed by atoms with Gasteiger partial charge in [0.2, 0.25) is 5.16 Å². The van der Waals surface area contributed by atoms with Gasteiger partial charge in [0, 0.05) is 18.0 Å². The summed E-state index contributed by atoms with van der Waals surface area (Å²) in [5.74, 6) is 0.506. The summed E-state index contributed by atoms with van der Waals surface area (Å²) < 4.78 is 3.25. The highest BCUT2D eigenvalue weighted by molar-refractivity contribution is 7.98. The van der Waals surface area contributed by atoms with Crippen LogP contribution in [0, 0.1) is 13.8 Å². The zero-order valence-electron chi connectivity index (χ0n) is 14.3. The lowest BCUT2D eigenvalue weighted by molar-refractivity contribution is 0.751. The van der Waals surface area contributed by atoms with Crippen LogP contribution >= 0.6 is 11.8 Å². The van der Waals surface area contributed by atoms with Crippen molar-refractivity contribution < 1.29 is 0 Å². The molecule has 0 fully saturated rings. The molecule has 0 saturated heterocycles. The number of hydrogen-bond acceptors (Lipinski definition) is 6. The predicted octanol–water partition coefficient (Wildman–Crippen LogP) is 2.58. The summed E-state index contributed by atoms with van der Waals surface area (Å²) in [6.45, 7) is 4.11. The molecule has 4 rings (SSSR count). The summed E-state index contributed by atoms with van der Waals surface area (Å²) in [6.07, 6.45) is 1.71. The van der Waals surface area contributed by atoms with Crippen molar-refractivity contribution in [3.05, 3.63) is 75.8 Å². The Morgan fingerprint density at radius 1 is 1.12 bits per heavy atom. The second kappa shape index (κ2) is 6.72. The number of aromatic nitrogens is 6. The minimum absolute atomic E-state index is 0.0969. The van der Waals surface area contributed by atoms with E-state index in [1.54, 1.807) is 16.9 Å². The van der Waals surface area contributed by atoms with E-state index < -0.39 is 0 Å². The Morgan fingerprint density at radius 2 is 2.00 bits per heavy atom. The van der Waals surface area contributed by atoms with Gasteiger partial charge in [-0.05, 0) is 53.6 Å². The normalized spacial score (nSPS) is 11.2. The molecule has 0 saturated carbocycles. The molecule has 0 radical (unpaired) electrons. The molecular weight excluding hydrogens is 348 g/mol. The zero-order valence-corrected chi connectivity index (χ0v) is 15.1. The van der Waals surface area contributed by atoms with E-state index in [0.29, 0.717) is 22.3 Å². The number of benzene rings is 1. The molecule has 0 bridgehead atoms. The molecule has 1 aromatic carbocycles. The monoisotopic (exact) mass is 364 g/mol. The lowest BCUT2D eigenvalue weighted by Gasteiger charge is -2.09. The fraction of sp³-hybridized carbons (Fsp3) is 0.167. The molecule has 0 spiro atoms. The van der Waals surface area contributed by atoms with Crippen LogP contribution in [0.5, 0.6) is 0 Å². The molecule has 8 heteroatoms. The highest BCUT2D eigenvalue weighted by Crippen LogP contribution is 2.24. The van der Waals surface area contributed by atoms with Crippen LogP contribution < -0.4 is 5.56 Å². The second-order valence-electron chi connectivity index (χ2n) is 5.90. The first kappa shape index (κ1) is 16.5. The van der Waals surface area contributed by atoms with Gasteiger partial charge in [0.15, 0.2) is 0 Å². The first-order valence-electron chi connectivity index (χ1n) is 8.08. The summed E-state index contributed by atoms with van der Waals surface area (Å²) in [5, 5.41) is 12.7. The van der Waals surface area contributed by atoms with Gasteiger partial charge in [-0.25, -0.2) is 4.98 Å². The van der Waals surface area contributed by atoms with Gasteiger partial charge in [-0.15, -0.1) is 5.10 Å². The molecule has 7 nitrogen and oxygen atoms in total. The summed E-state index contributed by atoms with van der Waals surface area (Å²) in [7, 11) is 0. The van der Waals surface area contributed by atoms with Crippen molar-refractivity contribution in [2.24, 2.45) is 0 Å². The van der Waals surface area contributed by atoms with Crippen LogP contribution in [0.2, 0.25) is 0 Å². The Morgan fingerprint density at radius 3 is 2.88 bits per heavy atom. The van der Waals surface area contributed by atoms with Gasteiger partial charge >= 0.3 is 0 Å². The van der Waals surface area contributed by atoms with Crippen LogP contribution in [0.1, 0.15) is 16.8 Å². The summed E-state index contributed by atoms with van der Waals surface area (Å²) >= 11 is 1.45. The van der Waals surface area contributed by atoms with Crippen molar-refractivity contribution in [1.29, 1.82) is 0 Å². The average Bonchev–Trinajstić information content (AvgIpc) is 3.11. The number of fused-ring (bicyclic) bond motifs is 1. The standard InChI is InChI=1S/C18H16N6OS/c1-12-6-5-7-15(13(12)2)24-18(20-21-22-24)26-11-14-10-17(25)23-9-4-3-8-16(23)19-14/h3-10H,11H2,1-2H3. The molecule has 3 aromatic heterocycles. The van der Waals surface area contributed by atoms with Crippen LogP contribution in [-0.2, 0) is 5.75 Å². The molecule has 130 valence electrons. The van der Waals surface area contributed by atoms with Gasteiger partial charge in [0.05, 0.1) is 11.4 Å². The van der Waals surface area contributed by atoms with Crippen molar-refractivity contribution >= 4 is 17.4 Å². The van der Waals surface area contributed by atoms with E-state index in [9.17, 15) is 4.79 Å². The Labute approximate surface area is 153 Å². The first-order chi connectivity index (χ1) is 12.6. The number of hydrogen-bond donors (Lipinski definition) is 0. The molecule has 4 aromatic rings. The Hall–Kier alpha value is -3.00. The second-order valence-corrected chi connectivity index (χ2v) is 6.84. The maximum atomic E-state index is 12.2. The third-order valence-corrected chi connectivity index (χ3v) is 5.17. The van der Waals surface area contributed by atoms with Crippen molar-refractivity contribution in [3.63, 3.8) is 0 Å². The van der Waals surface area contributed by atoms with Crippen LogP contribution in [0.3, 0.4) is 0 Å². The maximum absolute atomic E-state index is 12.2. The van der Waals surface area contributed by atoms with Gasteiger partial charge in [-0.3, -0.25) is 9.20 Å². The van der Waals surface area contributed by atoms with Crippen LogP contribution in [-0.4, -0.2) is 29.6 Å². The van der Waals surface area contributed by atoms with Crippen molar-refractivity contribution in [1.82, 2.24) is 29.6 Å². The molecule has 3 heterocycles. The largest absolute Gasteiger partial charge is 0.269 e. The van der Waals surface area contributed by atoms with Crippen molar-refractivity contribution in [2.75, 3.05) is 0 Å². The molecular formula is C18H16N6OS. The molecule has 0 unspecified atom stereocenters. The van der Waals surface area contributed by atoms with Crippen LogP contribution in [0.25, 0.3) is 11.3 Å². The number of tetrazole rings is 1. The molecule has 0 aliphatic heterocycles. The fourth-order valence-corrected chi connectivity index (χ4v) is 3.48. The lowest BCUT2D eigenvalue weighted by Crippen LogP contribution is -2.14. The van der Waals surface area contributed by atoms with E-state index in [1.807, 2.05) is 37.3 Å². The van der Waals surface area contributed by atoms with E-state index >= 15 is 0 Å². The number of rotatable bonds is 4. The Kier molecular flexibility index (Phi) is 4.26. The molecule has 0 atom stereocenters. The number of pyridine rings is 1. The van der Waals surface area contributed by atoms with Gasteiger partial charge in [0.25, 0.3) is 5.56 Å². The van der Waals surface area contributed by atoms with E-state index in [4.69, 9.17) is 0 Å². The first-order valence-corrected chi connectivity index (χ1v) is 9.07. The summed E-state index contributed by atoms with van der Waals surface area (Å²) in [5.41, 5.74) is 4.48. The average molecular weight is 364 g/mol. The number of thioether (sulfide) groups is 1. The molecule has 0 aliphatic rings. The highest BCUT2D eigenvalue weighted by Gasteiger charge is 2.13. The Balaban J connectivity index is 1.63. The minimum Gasteiger partial charge on any atom is -0.269 e. The third-order valence-electron chi connectivity index (χ3n) is 4.22. The minimum atomic E-state index is -0.0969. The van der Waals surface area contributed by atoms with Crippen molar-refractivity contribution in [3.8, 4) is 5.69 Å². The molecule has 0 N–H and O–H groups in total. The van der Waals surface area contributed by atoms with Crippen molar-refractivity contribution in [2.45, 2.75) is 24.8 Å². The molecule has 0 amide bonds. The third kappa shape index (κ3) is 2.99. The van der Waals surface area contributed by atoms with E-state index in [0.717, 1.165) is 11.3 Å². The topological polar surface area (TPSA) is 78.0 Å². The van der Waals surface area contributed by atoms with Gasteiger partial charge < -0.3 is 0 Å². The van der Waals surface area contributed by atoms with E-state index in [-0.39, 0.29) is 5.56 Å².